The van der Waals surface area contributed by atoms with E-state index in [4.69, 9.17) is 0 Å². The number of aromatic nitrogens is 2. The normalized spacial score (nSPS) is 11.8. The van der Waals surface area contributed by atoms with Crippen molar-refractivity contribution in [1.29, 1.82) is 0 Å². The Balaban J connectivity index is 1.62. The Hall–Kier alpha value is -2.38. The predicted octanol–water partition coefficient (Wildman–Crippen LogP) is 4.73. The SMILES string of the molecule is Cc1cccc(Nc2nnc(SC(C)C(=O)N(C)c3ccccc3)s2)c1. The van der Waals surface area contributed by atoms with Crippen LogP contribution in [0.5, 0.6) is 0 Å². The number of benzene rings is 2. The number of thioether (sulfide) groups is 1. The number of aryl methyl sites for hydroxylation is 1. The van der Waals surface area contributed by atoms with Crippen LogP contribution in [0.2, 0.25) is 0 Å². The molecule has 5 nitrogen and oxygen atoms in total. The van der Waals surface area contributed by atoms with Crippen LogP contribution in [-0.2, 0) is 4.79 Å². The second-order valence-electron chi connectivity index (χ2n) is 5.86. The maximum absolute atomic E-state index is 12.6. The number of hydrogen-bond acceptors (Lipinski definition) is 6. The van der Waals surface area contributed by atoms with E-state index in [0.29, 0.717) is 5.13 Å². The smallest absolute Gasteiger partial charge is 0.240 e. The van der Waals surface area contributed by atoms with E-state index in [-0.39, 0.29) is 11.2 Å². The van der Waals surface area contributed by atoms with Crippen molar-refractivity contribution in [3.05, 3.63) is 60.2 Å². The molecular weight excluding hydrogens is 364 g/mol. The number of rotatable bonds is 6. The fraction of sp³-hybridized carbons (Fsp3) is 0.211. The van der Waals surface area contributed by atoms with Gasteiger partial charge in [0.25, 0.3) is 0 Å². The van der Waals surface area contributed by atoms with E-state index in [1.165, 1.54) is 28.7 Å². The van der Waals surface area contributed by atoms with Gasteiger partial charge in [-0.3, -0.25) is 4.79 Å². The third-order valence-electron chi connectivity index (χ3n) is 3.78. The first-order chi connectivity index (χ1) is 12.5. The van der Waals surface area contributed by atoms with Crippen molar-refractivity contribution in [3.63, 3.8) is 0 Å². The summed E-state index contributed by atoms with van der Waals surface area (Å²) in [5.74, 6) is 0.0320. The molecule has 0 saturated heterocycles. The monoisotopic (exact) mass is 384 g/mol. The number of nitrogens with one attached hydrogen (secondary N) is 1. The Kier molecular flexibility index (Phi) is 5.90. The van der Waals surface area contributed by atoms with Crippen LogP contribution in [0.25, 0.3) is 0 Å². The summed E-state index contributed by atoms with van der Waals surface area (Å²) in [4.78, 5) is 14.3. The molecule has 1 N–H and O–H groups in total. The summed E-state index contributed by atoms with van der Waals surface area (Å²) in [7, 11) is 1.79. The minimum Gasteiger partial charge on any atom is -0.330 e. The zero-order valence-corrected chi connectivity index (χ0v) is 16.5. The molecule has 1 atom stereocenters. The fourth-order valence-electron chi connectivity index (χ4n) is 2.41. The first-order valence-electron chi connectivity index (χ1n) is 8.19. The van der Waals surface area contributed by atoms with Crippen LogP contribution in [0.15, 0.2) is 58.9 Å². The van der Waals surface area contributed by atoms with Crippen LogP contribution < -0.4 is 10.2 Å². The van der Waals surface area contributed by atoms with Crippen molar-refractivity contribution in [2.75, 3.05) is 17.3 Å². The number of carbonyl (C=O) groups is 1. The van der Waals surface area contributed by atoms with E-state index in [1.54, 1.807) is 11.9 Å². The van der Waals surface area contributed by atoms with Gasteiger partial charge in [0.15, 0.2) is 4.34 Å². The Morgan fingerprint density at radius 3 is 2.65 bits per heavy atom. The van der Waals surface area contributed by atoms with E-state index in [9.17, 15) is 4.79 Å². The molecule has 0 fully saturated rings. The van der Waals surface area contributed by atoms with Crippen molar-refractivity contribution in [2.45, 2.75) is 23.4 Å². The molecular formula is C19H20N4OS2. The van der Waals surface area contributed by atoms with Crippen LogP contribution in [-0.4, -0.2) is 28.4 Å². The van der Waals surface area contributed by atoms with Gasteiger partial charge in [0.1, 0.15) is 0 Å². The van der Waals surface area contributed by atoms with Crippen LogP contribution in [0, 0.1) is 6.92 Å². The molecule has 3 aromatic rings. The molecule has 7 heteroatoms. The highest BCUT2D eigenvalue weighted by Gasteiger charge is 2.21. The summed E-state index contributed by atoms with van der Waals surface area (Å²) in [6, 6.07) is 17.7. The lowest BCUT2D eigenvalue weighted by molar-refractivity contribution is -0.117. The van der Waals surface area contributed by atoms with Crippen LogP contribution in [0.3, 0.4) is 0 Å². The molecule has 26 heavy (non-hydrogen) atoms. The van der Waals surface area contributed by atoms with E-state index in [0.717, 1.165) is 15.7 Å². The zero-order valence-electron chi connectivity index (χ0n) is 14.8. The highest BCUT2D eigenvalue weighted by Crippen LogP contribution is 2.31. The summed E-state index contributed by atoms with van der Waals surface area (Å²) in [5.41, 5.74) is 3.03. The molecule has 0 aliphatic rings. The summed E-state index contributed by atoms with van der Waals surface area (Å²) in [6.07, 6.45) is 0. The second kappa shape index (κ2) is 8.33. The molecule has 0 bridgehead atoms. The highest BCUT2D eigenvalue weighted by atomic mass is 32.2. The molecule has 1 heterocycles. The predicted molar refractivity (Wildman–Crippen MR) is 110 cm³/mol. The number of amides is 1. The van der Waals surface area contributed by atoms with E-state index < -0.39 is 0 Å². The Morgan fingerprint density at radius 1 is 1.15 bits per heavy atom. The lowest BCUT2D eigenvalue weighted by Gasteiger charge is -2.20. The largest absolute Gasteiger partial charge is 0.330 e. The van der Waals surface area contributed by atoms with Gasteiger partial charge in [0.2, 0.25) is 11.0 Å². The van der Waals surface area contributed by atoms with Crippen molar-refractivity contribution in [2.24, 2.45) is 0 Å². The minimum absolute atomic E-state index is 0.0320. The van der Waals surface area contributed by atoms with Gasteiger partial charge in [-0.15, -0.1) is 10.2 Å². The first-order valence-corrected chi connectivity index (χ1v) is 9.89. The van der Waals surface area contributed by atoms with Gasteiger partial charge < -0.3 is 10.2 Å². The molecule has 0 radical (unpaired) electrons. The van der Waals surface area contributed by atoms with Crippen molar-refractivity contribution in [1.82, 2.24) is 10.2 Å². The number of carbonyl (C=O) groups excluding carboxylic acids is 1. The third-order valence-corrected chi connectivity index (χ3v) is 5.79. The first kappa shape index (κ1) is 18.4. The molecule has 0 spiro atoms. The lowest BCUT2D eigenvalue weighted by atomic mass is 10.2. The van der Waals surface area contributed by atoms with E-state index >= 15 is 0 Å². The van der Waals surface area contributed by atoms with E-state index in [1.807, 2.05) is 62.4 Å². The molecule has 1 amide bonds. The van der Waals surface area contributed by atoms with Gasteiger partial charge in [0.05, 0.1) is 5.25 Å². The number of hydrogen-bond donors (Lipinski definition) is 1. The molecule has 134 valence electrons. The van der Waals surface area contributed by atoms with Crippen molar-refractivity contribution in [3.8, 4) is 0 Å². The topological polar surface area (TPSA) is 58.1 Å². The van der Waals surface area contributed by atoms with Gasteiger partial charge in [-0.1, -0.05) is 53.4 Å². The average molecular weight is 385 g/mol. The summed E-state index contributed by atoms with van der Waals surface area (Å²) < 4.78 is 0.766. The fourth-order valence-corrected chi connectivity index (χ4v) is 4.42. The molecule has 2 aromatic carbocycles. The second-order valence-corrected chi connectivity index (χ2v) is 8.43. The van der Waals surface area contributed by atoms with Gasteiger partial charge >= 0.3 is 0 Å². The third kappa shape index (κ3) is 4.62. The zero-order chi connectivity index (χ0) is 18.5. The Bertz CT molecular complexity index is 882. The van der Waals surface area contributed by atoms with Gasteiger partial charge in [0, 0.05) is 18.4 Å². The van der Waals surface area contributed by atoms with Crippen LogP contribution in [0.1, 0.15) is 12.5 Å². The maximum Gasteiger partial charge on any atom is 0.240 e. The van der Waals surface area contributed by atoms with Gasteiger partial charge in [-0.05, 0) is 43.7 Å². The Labute approximate surface area is 161 Å². The molecule has 0 aliphatic heterocycles. The number of para-hydroxylation sites is 1. The molecule has 1 unspecified atom stereocenters. The van der Waals surface area contributed by atoms with Gasteiger partial charge in [-0.2, -0.15) is 0 Å². The van der Waals surface area contributed by atoms with Crippen LogP contribution in [0.4, 0.5) is 16.5 Å². The lowest BCUT2D eigenvalue weighted by Crippen LogP contribution is -2.33. The highest BCUT2D eigenvalue weighted by molar-refractivity contribution is 8.02. The van der Waals surface area contributed by atoms with Crippen LogP contribution >= 0.6 is 23.1 Å². The molecule has 3 rings (SSSR count). The summed E-state index contributed by atoms with van der Waals surface area (Å²) in [6.45, 7) is 3.94. The molecule has 0 saturated carbocycles. The molecule has 1 aromatic heterocycles. The number of anilines is 3. The van der Waals surface area contributed by atoms with Gasteiger partial charge in [-0.25, -0.2) is 0 Å². The minimum atomic E-state index is -0.250. The molecule has 0 aliphatic carbocycles. The quantitative estimate of drug-likeness (QED) is 0.623. The number of nitrogens with zero attached hydrogens (tertiary/aromatic N) is 3. The maximum atomic E-state index is 12.6. The summed E-state index contributed by atoms with van der Waals surface area (Å²) >= 11 is 2.87. The average Bonchev–Trinajstić information content (AvgIpc) is 3.08. The Morgan fingerprint density at radius 2 is 1.92 bits per heavy atom. The van der Waals surface area contributed by atoms with E-state index in [2.05, 4.69) is 21.6 Å². The summed E-state index contributed by atoms with van der Waals surface area (Å²) in [5, 5.41) is 12.1. The standard InChI is InChI=1S/C19H20N4OS2/c1-13-8-7-9-15(12-13)20-18-21-22-19(26-18)25-14(2)17(24)23(3)16-10-5-4-6-11-16/h4-12,14H,1-3H3,(H,20,21). The van der Waals surface area contributed by atoms with Crippen molar-refractivity contribution >= 4 is 45.5 Å². The van der Waals surface area contributed by atoms with Crippen molar-refractivity contribution < 1.29 is 4.79 Å².